The van der Waals surface area contributed by atoms with Crippen molar-refractivity contribution >= 4 is 12.0 Å². The Morgan fingerprint density at radius 1 is 0.966 bits per heavy atom. The van der Waals surface area contributed by atoms with Crippen molar-refractivity contribution < 1.29 is 18.9 Å². The van der Waals surface area contributed by atoms with E-state index in [9.17, 15) is 0 Å². The summed E-state index contributed by atoms with van der Waals surface area (Å²) >= 11 is 0. The Morgan fingerprint density at radius 3 is 2.45 bits per heavy atom. The molecule has 1 aromatic carbocycles. The second-order valence-electron chi connectivity index (χ2n) is 6.48. The second kappa shape index (κ2) is 9.32. The van der Waals surface area contributed by atoms with E-state index in [4.69, 9.17) is 25.4 Å². The van der Waals surface area contributed by atoms with E-state index in [2.05, 4.69) is 16.4 Å². The van der Waals surface area contributed by atoms with E-state index in [0.29, 0.717) is 51.8 Å². The molecular formula is C22H23N3O4. The van der Waals surface area contributed by atoms with Crippen LogP contribution in [0.25, 0.3) is 0 Å². The summed E-state index contributed by atoms with van der Waals surface area (Å²) in [6.45, 7) is 2.93. The molecule has 7 heteroatoms. The summed E-state index contributed by atoms with van der Waals surface area (Å²) in [4.78, 5) is 6.15. The van der Waals surface area contributed by atoms with Gasteiger partial charge in [0.2, 0.25) is 0 Å². The van der Waals surface area contributed by atoms with Crippen LogP contribution in [0, 0.1) is 12.5 Å². The fraction of sp³-hybridized carbons (Fsp3) is 0.318. The van der Waals surface area contributed by atoms with Gasteiger partial charge in [-0.25, -0.2) is 9.89 Å². The third kappa shape index (κ3) is 4.62. The average Bonchev–Trinajstić information content (AvgIpc) is 2.75. The molecular weight excluding hydrogens is 370 g/mol. The van der Waals surface area contributed by atoms with Crippen molar-refractivity contribution in [1.82, 2.24) is 4.90 Å². The number of nitrogens with one attached hydrogen (secondary N) is 1. The van der Waals surface area contributed by atoms with E-state index < -0.39 is 0 Å². The highest BCUT2D eigenvalue weighted by Gasteiger charge is 2.28. The van der Waals surface area contributed by atoms with Crippen LogP contribution in [-0.2, 0) is 18.9 Å². The summed E-state index contributed by atoms with van der Waals surface area (Å²) in [5, 5.41) is 3.41. The van der Waals surface area contributed by atoms with Gasteiger partial charge >= 0.3 is 0 Å². The van der Waals surface area contributed by atoms with Crippen molar-refractivity contribution in [2.45, 2.75) is 6.42 Å². The topological polar surface area (TPSA) is 64.6 Å². The quantitative estimate of drug-likeness (QED) is 0.780. The Kier molecular flexibility index (Phi) is 6.15. The zero-order valence-electron chi connectivity index (χ0n) is 16.1. The third-order valence-corrected chi connectivity index (χ3v) is 4.57. The van der Waals surface area contributed by atoms with E-state index in [1.165, 1.54) is 0 Å². The highest BCUT2D eigenvalue weighted by Crippen LogP contribution is 2.36. The fourth-order valence-electron chi connectivity index (χ4n) is 3.17. The monoisotopic (exact) mass is 393 g/mol. The molecule has 2 aliphatic heterocycles. The molecule has 0 spiro atoms. The van der Waals surface area contributed by atoms with Gasteiger partial charge in [0.15, 0.2) is 5.76 Å². The first-order chi connectivity index (χ1) is 14.3. The summed E-state index contributed by atoms with van der Waals surface area (Å²) in [7, 11) is 0. The minimum absolute atomic E-state index is 0.431. The van der Waals surface area contributed by atoms with Gasteiger partial charge in [0.25, 0.3) is 0 Å². The molecule has 0 saturated heterocycles. The minimum Gasteiger partial charge on any atom is -0.491 e. The van der Waals surface area contributed by atoms with Crippen LogP contribution in [-0.4, -0.2) is 50.9 Å². The minimum atomic E-state index is 0.431. The molecule has 3 aliphatic rings. The Bertz CT molecular complexity index is 896. The SMILES string of the molecule is C#CN1C=NC2=CC3=C(CC2=C1Nc1ccccc1)OCCOCCOCCO3. The molecule has 150 valence electrons. The number of hydrogen-bond donors (Lipinski definition) is 1. The van der Waals surface area contributed by atoms with Gasteiger partial charge in [-0.3, -0.25) is 0 Å². The van der Waals surface area contributed by atoms with Crippen LogP contribution in [0.1, 0.15) is 6.42 Å². The number of anilines is 1. The lowest BCUT2D eigenvalue weighted by atomic mass is 9.99. The van der Waals surface area contributed by atoms with Crippen LogP contribution < -0.4 is 5.32 Å². The first-order valence-electron chi connectivity index (χ1n) is 9.56. The lowest BCUT2D eigenvalue weighted by molar-refractivity contribution is 0.00272. The first-order valence-corrected chi connectivity index (χ1v) is 9.56. The van der Waals surface area contributed by atoms with E-state index in [1.54, 1.807) is 11.2 Å². The fourth-order valence-corrected chi connectivity index (χ4v) is 3.17. The maximum Gasteiger partial charge on any atom is 0.159 e. The van der Waals surface area contributed by atoms with Crippen LogP contribution in [0.15, 0.2) is 70.0 Å². The smallest absolute Gasteiger partial charge is 0.159 e. The van der Waals surface area contributed by atoms with Crippen molar-refractivity contribution in [3.8, 4) is 12.5 Å². The molecule has 0 fully saturated rings. The molecule has 0 atom stereocenters. The lowest BCUT2D eigenvalue weighted by Crippen LogP contribution is -2.28. The Morgan fingerprint density at radius 2 is 1.69 bits per heavy atom. The molecule has 0 amide bonds. The molecule has 1 N–H and O–H groups in total. The van der Waals surface area contributed by atoms with Crippen LogP contribution in [0.5, 0.6) is 0 Å². The predicted molar refractivity (Wildman–Crippen MR) is 110 cm³/mol. The molecule has 29 heavy (non-hydrogen) atoms. The Balaban J connectivity index is 1.64. The summed E-state index contributed by atoms with van der Waals surface area (Å²) in [6, 6.07) is 12.5. The van der Waals surface area contributed by atoms with E-state index in [0.717, 1.165) is 28.5 Å². The van der Waals surface area contributed by atoms with Crippen molar-refractivity contribution in [1.29, 1.82) is 0 Å². The zero-order chi connectivity index (χ0) is 19.9. The van der Waals surface area contributed by atoms with Crippen LogP contribution in [0.2, 0.25) is 0 Å². The number of fused-ring (bicyclic) bond motifs is 1. The van der Waals surface area contributed by atoms with Gasteiger partial charge in [-0.1, -0.05) is 24.6 Å². The molecule has 0 saturated carbocycles. The van der Waals surface area contributed by atoms with Gasteiger partial charge in [0.05, 0.1) is 32.1 Å². The Hall–Kier alpha value is -3.21. The molecule has 0 bridgehead atoms. The molecule has 1 aliphatic carbocycles. The maximum atomic E-state index is 6.00. The van der Waals surface area contributed by atoms with Crippen molar-refractivity contribution in [3.63, 3.8) is 0 Å². The number of nitrogens with zero attached hydrogens (tertiary/aromatic N) is 2. The number of terminal acetylenes is 1. The molecule has 4 rings (SSSR count). The molecule has 0 radical (unpaired) electrons. The van der Waals surface area contributed by atoms with Crippen molar-refractivity contribution in [2.75, 3.05) is 45.0 Å². The van der Waals surface area contributed by atoms with E-state index >= 15 is 0 Å². The van der Waals surface area contributed by atoms with Crippen molar-refractivity contribution in [3.05, 3.63) is 65.0 Å². The van der Waals surface area contributed by atoms with E-state index in [-0.39, 0.29) is 0 Å². The molecule has 0 aromatic heterocycles. The Labute approximate surface area is 170 Å². The molecule has 1 aromatic rings. The predicted octanol–water partition coefficient (Wildman–Crippen LogP) is 2.82. The van der Waals surface area contributed by atoms with Gasteiger partial charge in [-0.15, -0.1) is 0 Å². The average molecular weight is 393 g/mol. The third-order valence-electron chi connectivity index (χ3n) is 4.57. The summed E-state index contributed by atoms with van der Waals surface area (Å²) in [5.41, 5.74) is 2.67. The largest absolute Gasteiger partial charge is 0.491 e. The summed E-state index contributed by atoms with van der Waals surface area (Å²) in [6.07, 6.45) is 9.73. The van der Waals surface area contributed by atoms with Crippen molar-refractivity contribution in [2.24, 2.45) is 4.99 Å². The maximum absolute atomic E-state index is 6.00. The number of hydrogen-bond acceptors (Lipinski definition) is 7. The number of para-hydroxylation sites is 1. The first kappa shape index (κ1) is 19.1. The standard InChI is InChI=1S/C22H23N3O4/c1-2-25-16-23-19-15-21-20(28-12-10-26-8-9-27-11-13-29-21)14-18(19)22(25)24-17-6-4-3-5-7-17/h1,3-7,15-16,24H,8-14H2. The summed E-state index contributed by atoms with van der Waals surface area (Å²) in [5.74, 6) is 2.17. The zero-order valence-corrected chi connectivity index (χ0v) is 16.1. The number of aliphatic imine (C=N–C) groups is 1. The van der Waals surface area contributed by atoms with Crippen LogP contribution in [0.4, 0.5) is 5.69 Å². The number of rotatable bonds is 2. The van der Waals surface area contributed by atoms with Gasteiger partial charge in [0.1, 0.15) is 31.1 Å². The summed E-state index contributed by atoms with van der Waals surface area (Å²) < 4.78 is 22.9. The number of ether oxygens (including phenoxy) is 4. The van der Waals surface area contributed by atoms with Gasteiger partial charge < -0.3 is 24.3 Å². The normalized spacial score (nSPS) is 20.1. The van der Waals surface area contributed by atoms with Gasteiger partial charge in [0, 0.05) is 29.8 Å². The molecule has 2 heterocycles. The highest BCUT2D eigenvalue weighted by molar-refractivity contribution is 5.71. The van der Waals surface area contributed by atoms with Gasteiger partial charge in [-0.05, 0) is 12.1 Å². The number of allylic oxidation sites excluding steroid dienone is 3. The highest BCUT2D eigenvalue weighted by atomic mass is 16.6. The van der Waals surface area contributed by atoms with Crippen LogP contribution in [0.3, 0.4) is 0 Å². The molecule has 0 unspecified atom stereocenters. The lowest BCUT2D eigenvalue weighted by Gasteiger charge is -2.29. The molecule has 7 nitrogen and oxygen atoms in total. The van der Waals surface area contributed by atoms with Gasteiger partial charge in [-0.2, -0.15) is 0 Å². The number of benzene rings is 1. The van der Waals surface area contributed by atoms with Crippen LogP contribution >= 0.6 is 0 Å². The second-order valence-corrected chi connectivity index (χ2v) is 6.48. The van der Waals surface area contributed by atoms with E-state index in [1.807, 2.05) is 36.4 Å².